The molecule has 1 fully saturated rings. The van der Waals surface area contributed by atoms with Gasteiger partial charge in [-0.15, -0.1) is 24.0 Å². The summed E-state index contributed by atoms with van der Waals surface area (Å²) in [4.78, 5) is 4.31. The molecule has 0 unspecified atom stereocenters. The Kier molecular flexibility index (Phi) is 10.4. The van der Waals surface area contributed by atoms with Crippen LogP contribution in [0, 0.1) is 0 Å². The number of halogens is 2. The van der Waals surface area contributed by atoms with Crippen LogP contribution in [0.15, 0.2) is 29.3 Å². The number of aliphatic imine (C=N–C) groups is 1. The van der Waals surface area contributed by atoms with E-state index in [2.05, 4.69) is 34.0 Å². The van der Waals surface area contributed by atoms with Crippen LogP contribution in [0.25, 0.3) is 0 Å². The van der Waals surface area contributed by atoms with E-state index in [-0.39, 0.29) is 29.4 Å². The van der Waals surface area contributed by atoms with Gasteiger partial charge in [0.05, 0.1) is 0 Å². The van der Waals surface area contributed by atoms with E-state index in [0.717, 1.165) is 55.9 Å². The molecule has 0 atom stereocenters. The van der Waals surface area contributed by atoms with E-state index in [4.69, 9.17) is 16.3 Å². The average Bonchev–Trinajstić information content (AvgIpc) is 2.59. The lowest BCUT2D eigenvalue weighted by Crippen LogP contribution is -2.48. The van der Waals surface area contributed by atoms with Crippen molar-refractivity contribution in [3.05, 3.63) is 34.9 Å². The largest absolute Gasteiger partial charge is 0.381 e. The van der Waals surface area contributed by atoms with Crippen LogP contribution in [0.4, 0.5) is 0 Å². The highest BCUT2D eigenvalue weighted by atomic mass is 127. The van der Waals surface area contributed by atoms with Gasteiger partial charge >= 0.3 is 0 Å². The molecule has 2 N–H and O–H groups in total. The van der Waals surface area contributed by atoms with Crippen molar-refractivity contribution in [2.75, 3.05) is 45.4 Å². The van der Waals surface area contributed by atoms with Crippen LogP contribution in [-0.4, -0.2) is 51.3 Å². The Morgan fingerprint density at radius 1 is 1.29 bits per heavy atom. The topological polar surface area (TPSA) is 45.7 Å². The Balaban J connectivity index is 0.00000288. The lowest BCUT2D eigenvalue weighted by atomic mass is 9.74. The van der Waals surface area contributed by atoms with Crippen LogP contribution in [0.1, 0.15) is 18.4 Å². The molecule has 0 aromatic heterocycles. The highest BCUT2D eigenvalue weighted by molar-refractivity contribution is 14.0. The third-order valence-corrected chi connectivity index (χ3v) is 5.25. The van der Waals surface area contributed by atoms with Gasteiger partial charge in [0.1, 0.15) is 0 Å². The number of thioether (sulfide) groups is 1. The molecule has 24 heavy (non-hydrogen) atoms. The van der Waals surface area contributed by atoms with Crippen molar-refractivity contribution in [3.63, 3.8) is 0 Å². The zero-order valence-corrected chi connectivity index (χ0v) is 18.2. The van der Waals surface area contributed by atoms with Crippen molar-refractivity contribution < 1.29 is 4.74 Å². The van der Waals surface area contributed by atoms with Gasteiger partial charge in [0.15, 0.2) is 5.96 Å². The van der Waals surface area contributed by atoms with Crippen LogP contribution in [-0.2, 0) is 10.2 Å². The van der Waals surface area contributed by atoms with E-state index < -0.39 is 0 Å². The van der Waals surface area contributed by atoms with Crippen LogP contribution in [0.3, 0.4) is 0 Å². The van der Waals surface area contributed by atoms with E-state index in [1.54, 1.807) is 7.05 Å². The van der Waals surface area contributed by atoms with E-state index in [0.29, 0.717) is 0 Å². The van der Waals surface area contributed by atoms with Crippen molar-refractivity contribution in [2.45, 2.75) is 18.3 Å². The van der Waals surface area contributed by atoms with Gasteiger partial charge in [-0.25, -0.2) is 0 Å². The number of hydrogen-bond acceptors (Lipinski definition) is 3. The maximum atomic E-state index is 6.48. The number of nitrogens with zero attached hydrogens (tertiary/aromatic N) is 1. The zero-order chi connectivity index (χ0) is 16.5. The van der Waals surface area contributed by atoms with Crippen molar-refractivity contribution in [3.8, 4) is 0 Å². The van der Waals surface area contributed by atoms with Gasteiger partial charge in [-0.3, -0.25) is 4.99 Å². The van der Waals surface area contributed by atoms with Crippen molar-refractivity contribution in [1.82, 2.24) is 10.6 Å². The van der Waals surface area contributed by atoms with E-state index >= 15 is 0 Å². The summed E-state index contributed by atoms with van der Waals surface area (Å²) in [7, 11) is 1.81. The Hall–Kier alpha value is -0.180. The molecule has 0 bridgehead atoms. The second-order valence-corrected chi connectivity index (χ2v) is 7.11. The molecular formula is C17H27ClIN3OS. The van der Waals surface area contributed by atoms with Crippen LogP contribution < -0.4 is 10.6 Å². The maximum absolute atomic E-state index is 6.48. The molecule has 1 heterocycles. The summed E-state index contributed by atoms with van der Waals surface area (Å²) in [6.07, 6.45) is 4.03. The molecule has 0 aliphatic carbocycles. The second kappa shape index (κ2) is 11.4. The molecule has 1 aliphatic rings. The van der Waals surface area contributed by atoms with Gasteiger partial charge in [-0.05, 0) is 30.7 Å². The first-order valence-electron chi connectivity index (χ1n) is 7.98. The lowest BCUT2D eigenvalue weighted by Gasteiger charge is -2.38. The fraction of sp³-hybridized carbons (Fsp3) is 0.588. The quantitative estimate of drug-likeness (QED) is 0.281. The SMILES string of the molecule is CN=C(NCCSC)NCC1(c2ccccc2Cl)CCOCC1.I. The lowest BCUT2D eigenvalue weighted by molar-refractivity contribution is 0.0514. The molecule has 1 aliphatic heterocycles. The van der Waals surface area contributed by atoms with Gasteiger partial charge < -0.3 is 15.4 Å². The predicted molar refractivity (Wildman–Crippen MR) is 116 cm³/mol. The van der Waals surface area contributed by atoms with Crippen molar-refractivity contribution in [1.29, 1.82) is 0 Å². The van der Waals surface area contributed by atoms with Gasteiger partial charge in [0.25, 0.3) is 0 Å². The monoisotopic (exact) mass is 483 g/mol. The van der Waals surface area contributed by atoms with Gasteiger partial charge in [0.2, 0.25) is 0 Å². The third kappa shape index (κ3) is 5.97. The van der Waals surface area contributed by atoms with E-state index in [1.807, 2.05) is 23.9 Å². The number of rotatable bonds is 6. The molecular weight excluding hydrogens is 457 g/mol. The van der Waals surface area contributed by atoms with Gasteiger partial charge in [0, 0.05) is 49.5 Å². The highest BCUT2D eigenvalue weighted by Gasteiger charge is 2.36. The first-order chi connectivity index (χ1) is 11.2. The summed E-state index contributed by atoms with van der Waals surface area (Å²) in [5, 5.41) is 7.66. The first kappa shape index (κ1) is 21.9. The van der Waals surface area contributed by atoms with E-state index in [9.17, 15) is 0 Å². The van der Waals surface area contributed by atoms with Crippen LogP contribution >= 0.6 is 47.3 Å². The molecule has 1 aromatic carbocycles. The number of benzene rings is 1. The van der Waals surface area contributed by atoms with Crippen molar-refractivity contribution >= 4 is 53.3 Å². The molecule has 136 valence electrons. The second-order valence-electron chi connectivity index (χ2n) is 5.72. The smallest absolute Gasteiger partial charge is 0.191 e. The summed E-state index contributed by atoms with van der Waals surface area (Å²) in [6, 6.07) is 8.15. The fourth-order valence-corrected chi connectivity index (χ4v) is 3.58. The molecule has 0 saturated carbocycles. The standard InChI is InChI=1S/C17H26ClN3OS.HI/c1-19-16(20-9-12-23-2)21-13-17(7-10-22-11-8-17)14-5-3-4-6-15(14)18;/h3-6H,7-13H2,1-2H3,(H2,19,20,21);1H. The highest BCUT2D eigenvalue weighted by Crippen LogP contribution is 2.38. The normalized spacial score (nSPS) is 17.0. The minimum atomic E-state index is -0.00623. The average molecular weight is 484 g/mol. The number of hydrogen-bond donors (Lipinski definition) is 2. The summed E-state index contributed by atoms with van der Waals surface area (Å²) in [5.41, 5.74) is 1.20. The first-order valence-corrected chi connectivity index (χ1v) is 9.75. The van der Waals surface area contributed by atoms with E-state index in [1.165, 1.54) is 5.56 Å². The fourth-order valence-electron chi connectivity index (χ4n) is 2.94. The summed E-state index contributed by atoms with van der Waals surface area (Å²) < 4.78 is 5.58. The van der Waals surface area contributed by atoms with Crippen LogP contribution in [0.2, 0.25) is 5.02 Å². The molecule has 1 saturated heterocycles. The Morgan fingerprint density at radius 2 is 2.00 bits per heavy atom. The summed E-state index contributed by atoms with van der Waals surface area (Å²) in [5.74, 6) is 1.90. The Labute approximate surface area is 171 Å². The molecule has 7 heteroatoms. The Morgan fingerprint density at radius 3 is 2.62 bits per heavy atom. The molecule has 4 nitrogen and oxygen atoms in total. The Bertz CT molecular complexity index is 524. The zero-order valence-electron chi connectivity index (χ0n) is 14.3. The molecule has 0 radical (unpaired) electrons. The maximum Gasteiger partial charge on any atom is 0.191 e. The van der Waals surface area contributed by atoms with Crippen LogP contribution in [0.5, 0.6) is 0 Å². The summed E-state index contributed by atoms with van der Waals surface area (Å²) >= 11 is 8.30. The van der Waals surface area contributed by atoms with Gasteiger partial charge in [-0.2, -0.15) is 11.8 Å². The number of ether oxygens (including phenoxy) is 1. The minimum absolute atomic E-state index is 0. The third-order valence-electron chi connectivity index (χ3n) is 4.31. The predicted octanol–water partition coefficient (Wildman–Crippen LogP) is 3.53. The minimum Gasteiger partial charge on any atom is -0.381 e. The number of nitrogens with one attached hydrogen (secondary N) is 2. The van der Waals surface area contributed by atoms with Gasteiger partial charge in [-0.1, -0.05) is 29.8 Å². The number of guanidine groups is 1. The molecule has 1 aromatic rings. The summed E-state index contributed by atoms with van der Waals surface area (Å²) in [6.45, 7) is 3.25. The molecule has 2 rings (SSSR count). The van der Waals surface area contributed by atoms with Crippen molar-refractivity contribution in [2.24, 2.45) is 4.99 Å². The molecule has 0 spiro atoms. The molecule has 0 amide bonds.